The number of carbonyl (C=O) groups excluding carboxylic acids is 3. The van der Waals surface area contributed by atoms with Crippen LogP contribution in [0, 0.1) is 5.92 Å². The molecule has 3 aliphatic rings. The fourth-order valence-electron chi connectivity index (χ4n) is 3.72. The quantitative estimate of drug-likeness (QED) is 0.149. The third-order valence-electron chi connectivity index (χ3n) is 5.41. The maximum absolute atomic E-state index is 12.9. The Hall–Kier alpha value is -1.29. The Kier molecular flexibility index (Phi) is 9.72. The fraction of sp³-hybridized carbons (Fsp3) is 0.526. The molecule has 1 aromatic rings. The number of nitrogens with one attached hydrogen (secondary N) is 1. The van der Waals surface area contributed by atoms with Crippen LogP contribution in [-0.2, 0) is 24.0 Å². The molecule has 34 heavy (non-hydrogen) atoms. The summed E-state index contributed by atoms with van der Waals surface area (Å²) in [6.07, 6.45) is 1.87. The van der Waals surface area contributed by atoms with Gasteiger partial charge in [0.2, 0.25) is 0 Å². The van der Waals surface area contributed by atoms with E-state index in [1.807, 2.05) is 0 Å². The van der Waals surface area contributed by atoms with E-state index in [0.717, 1.165) is 29.9 Å². The number of fused-ring (bicyclic) bond motifs is 1. The first-order valence-electron chi connectivity index (χ1n) is 10.1. The van der Waals surface area contributed by atoms with Crippen LogP contribution < -0.4 is 45.7 Å². The van der Waals surface area contributed by atoms with E-state index in [1.165, 1.54) is 35.5 Å². The van der Waals surface area contributed by atoms with E-state index in [2.05, 4.69) is 15.5 Å². The van der Waals surface area contributed by atoms with Crippen molar-refractivity contribution < 1.29 is 58.6 Å². The molecule has 2 fully saturated rings. The second-order valence-corrected chi connectivity index (χ2v) is 10.6. The predicted octanol–water partition coefficient (Wildman–Crippen LogP) is -3.40. The van der Waals surface area contributed by atoms with Crippen LogP contribution in [0.4, 0.5) is 5.13 Å². The number of thiazole rings is 1. The van der Waals surface area contributed by atoms with E-state index in [1.54, 1.807) is 5.38 Å². The van der Waals surface area contributed by atoms with E-state index in [9.17, 15) is 19.5 Å². The van der Waals surface area contributed by atoms with Crippen molar-refractivity contribution in [1.82, 2.24) is 15.2 Å². The summed E-state index contributed by atoms with van der Waals surface area (Å²) in [5, 5.41) is 19.5. The Morgan fingerprint density at radius 1 is 1.44 bits per heavy atom. The minimum Gasteiger partial charge on any atom is -0.543 e. The van der Waals surface area contributed by atoms with E-state index < -0.39 is 29.2 Å². The van der Waals surface area contributed by atoms with Gasteiger partial charge in [0.25, 0.3) is 11.8 Å². The Bertz CT molecular complexity index is 1010. The maximum Gasteiger partial charge on any atom is 1.00 e. The summed E-state index contributed by atoms with van der Waals surface area (Å²) in [5.74, 6) is -0.958. The van der Waals surface area contributed by atoms with E-state index in [4.69, 9.17) is 15.3 Å². The zero-order valence-electron chi connectivity index (χ0n) is 18.6. The van der Waals surface area contributed by atoms with Crippen molar-refractivity contribution >= 4 is 63.5 Å². The van der Waals surface area contributed by atoms with Crippen molar-refractivity contribution in [3.05, 3.63) is 21.7 Å². The molecule has 0 bridgehead atoms. The molecule has 15 heteroatoms. The molecule has 3 aliphatic heterocycles. The first-order chi connectivity index (χ1) is 15.9. The number of anilines is 1. The molecule has 2 unspecified atom stereocenters. The number of rotatable bonds is 8. The number of nitrogens with two attached hydrogens (primary N) is 1. The average Bonchev–Trinajstić information content (AvgIpc) is 3.25. The number of hydrogen-bond acceptors (Lipinski definition) is 12. The van der Waals surface area contributed by atoms with Gasteiger partial charge in [0.1, 0.15) is 24.2 Å². The van der Waals surface area contributed by atoms with Gasteiger partial charge in [-0.3, -0.25) is 14.5 Å². The molecular formula is C19H22N5NaO6S3. The Balaban J connectivity index is 0.00000324. The van der Waals surface area contributed by atoms with E-state index in [0.29, 0.717) is 29.8 Å². The van der Waals surface area contributed by atoms with Crippen LogP contribution in [0.25, 0.3) is 0 Å². The fourth-order valence-corrected chi connectivity index (χ4v) is 7.09. The van der Waals surface area contributed by atoms with Gasteiger partial charge >= 0.3 is 29.6 Å². The number of hydrogen-bond donors (Lipinski definition) is 2. The molecule has 0 aliphatic carbocycles. The van der Waals surface area contributed by atoms with Crippen LogP contribution in [0.5, 0.6) is 0 Å². The van der Waals surface area contributed by atoms with Gasteiger partial charge < -0.3 is 30.5 Å². The Morgan fingerprint density at radius 3 is 2.79 bits per heavy atom. The van der Waals surface area contributed by atoms with Gasteiger partial charge in [0.05, 0.1) is 11.7 Å². The van der Waals surface area contributed by atoms with E-state index in [-0.39, 0.29) is 51.8 Å². The van der Waals surface area contributed by atoms with E-state index >= 15 is 0 Å². The number of β-lactam (4-membered cyclic amide) rings is 1. The van der Waals surface area contributed by atoms with Gasteiger partial charge in [-0.15, -0.1) is 34.9 Å². The molecule has 0 spiro atoms. The zero-order valence-corrected chi connectivity index (χ0v) is 23.1. The number of aliphatic carboxylic acids is 1. The number of ether oxygens (including phenoxy) is 1. The van der Waals surface area contributed by atoms with Crippen molar-refractivity contribution in [3.8, 4) is 0 Å². The van der Waals surface area contributed by atoms with Crippen LogP contribution in [0.3, 0.4) is 0 Å². The van der Waals surface area contributed by atoms with Gasteiger partial charge in [-0.25, -0.2) is 4.98 Å². The number of aromatic nitrogens is 1. The Labute approximate surface area is 230 Å². The summed E-state index contributed by atoms with van der Waals surface area (Å²) in [7, 11) is 1.28. The van der Waals surface area contributed by atoms with Crippen molar-refractivity contribution in [2.75, 3.05) is 37.6 Å². The molecule has 1 aromatic heterocycles. The van der Waals surface area contributed by atoms with Crippen molar-refractivity contribution in [1.29, 1.82) is 0 Å². The van der Waals surface area contributed by atoms with Crippen LogP contribution in [0.15, 0.2) is 21.1 Å². The molecule has 2 amide bonds. The second-order valence-electron chi connectivity index (χ2n) is 7.48. The first kappa shape index (κ1) is 27.3. The van der Waals surface area contributed by atoms with Gasteiger partial charge in [-0.05, 0) is 18.8 Å². The van der Waals surface area contributed by atoms with Crippen molar-refractivity contribution in [3.63, 3.8) is 0 Å². The molecule has 0 saturated carbocycles. The summed E-state index contributed by atoms with van der Waals surface area (Å²) in [6.45, 7) is 1.42. The standard InChI is InChI=1S/C19H23N5O6S3.Na/c1-29-23-12(10-7-33-19(20)21-10)15(25)22-13-16(26)24-14(18(27)28)11(8-32-17(13)24)31-6-9-2-4-30-5-3-9;/h7,9,13,17H,2-6,8H2,1H3,(H2,20,21)(H,22,25)(H,27,28);/q;+1/p-1/b23-12-;. The molecule has 0 radical (unpaired) electrons. The molecule has 4 rings (SSSR count). The smallest absolute Gasteiger partial charge is 0.543 e. The SMILES string of the molecule is CO/N=C(\C(=O)NC1C(=O)N2C(C(=O)[O-])=C(SCC3CCOCC3)CSC12)c1csc(N)n1.[Na+]. The second kappa shape index (κ2) is 12.1. The first-order valence-corrected chi connectivity index (χ1v) is 13.0. The molecule has 2 saturated heterocycles. The number of thioether (sulfide) groups is 2. The van der Waals surface area contributed by atoms with Crippen LogP contribution in [-0.4, -0.2) is 76.6 Å². The predicted molar refractivity (Wildman–Crippen MR) is 123 cm³/mol. The number of carboxylic acid groups (broad SMARTS) is 1. The summed E-state index contributed by atoms with van der Waals surface area (Å²) < 4.78 is 5.37. The largest absolute Gasteiger partial charge is 1.00 e. The number of carbonyl (C=O) groups is 3. The number of oxime groups is 1. The summed E-state index contributed by atoms with van der Waals surface area (Å²) in [5.41, 5.74) is 5.62. The normalized spacial score (nSPS) is 23.0. The maximum atomic E-state index is 12.9. The van der Waals surface area contributed by atoms with Gasteiger partial charge in [-0.2, -0.15) is 0 Å². The topological polar surface area (TPSA) is 159 Å². The summed E-state index contributed by atoms with van der Waals surface area (Å²) >= 11 is 3.99. The summed E-state index contributed by atoms with van der Waals surface area (Å²) in [6, 6.07) is -0.906. The minimum atomic E-state index is -1.40. The molecule has 11 nitrogen and oxygen atoms in total. The third-order valence-corrected chi connectivity index (χ3v) is 8.87. The Morgan fingerprint density at radius 2 is 2.18 bits per heavy atom. The monoisotopic (exact) mass is 535 g/mol. The van der Waals surface area contributed by atoms with Crippen molar-refractivity contribution in [2.45, 2.75) is 24.3 Å². The van der Waals surface area contributed by atoms with Gasteiger partial charge in [0.15, 0.2) is 10.8 Å². The van der Waals surface area contributed by atoms with Gasteiger partial charge in [0, 0.05) is 35.0 Å². The minimum absolute atomic E-state index is 0. The van der Waals surface area contributed by atoms with Crippen molar-refractivity contribution in [2.24, 2.45) is 11.1 Å². The number of amides is 2. The van der Waals surface area contributed by atoms with Crippen LogP contribution >= 0.6 is 34.9 Å². The molecule has 2 atom stereocenters. The van der Waals surface area contributed by atoms with Crippen LogP contribution in [0.2, 0.25) is 0 Å². The molecule has 0 aromatic carbocycles. The summed E-state index contributed by atoms with van der Waals surface area (Å²) in [4.78, 5) is 48.1. The zero-order chi connectivity index (χ0) is 23.5. The number of nitrogen functional groups attached to an aromatic ring is 1. The number of nitrogens with zero attached hydrogens (tertiary/aromatic N) is 3. The molecular weight excluding hydrogens is 513 g/mol. The molecule has 178 valence electrons. The van der Waals surface area contributed by atoms with Crippen LogP contribution in [0.1, 0.15) is 18.5 Å². The third kappa shape index (κ3) is 5.74. The number of carboxylic acids is 1. The molecule has 4 heterocycles. The van der Waals surface area contributed by atoms with Gasteiger partial charge in [-0.1, -0.05) is 5.16 Å². The average molecular weight is 536 g/mol. The molecule has 3 N–H and O–H groups in total.